The van der Waals surface area contributed by atoms with E-state index < -0.39 is 5.82 Å². The van der Waals surface area contributed by atoms with Crippen molar-refractivity contribution in [2.75, 3.05) is 20.1 Å². The van der Waals surface area contributed by atoms with Crippen LogP contribution >= 0.6 is 0 Å². The summed E-state index contributed by atoms with van der Waals surface area (Å²) in [7, 11) is 1.58. The van der Waals surface area contributed by atoms with E-state index in [9.17, 15) is 14.0 Å². The minimum Gasteiger partial charge on any atom is -0.359 e. The molecule has 1 saturated heterocycles. The minimum atomic E-state index is -0.467. The van der Waals surface area contributed by atoms with Crippen LogP contribution in [0, 0.1) is 11.7 Å². The molecule has 0 radical (unpaired) electrons. The lowest BCUT2D eigenvalue weighted by Gasteiger charge is -2.18. The number of benzene rings is 1. The number of hydrogen-bond acceptors (Lipinski definition) is 4. The van der Waals surface area contributed by atoms with Crippen molar-refractivity contribution in [3.63, 3.8) is 0 Å². The molecular formula is C19H21FN4O2. The van der Waals surface area contributed by atoms with Gasteiger partial charge in [0.15, 0.2) is 0 Å². The summed E-state index contributed by atoms with van der Waals surface area (Å²) >= 11 is 0. The second-order valence-corrected chi connectivity index (χ2v) is 6.37. The van der Waals surface area contributed by atoms with Gasteiger partial charge in [0.25, 0.3) is 5.91 Å². The van der Waals surface area contributed by atoms with Gasteiger partial charge in [-0.25, -0.2) is 4.39 Å². The molecule has 1 aliphatic heterocycles. The van der Waals surface area contributed by atoms with Gasteiger partial charge in [-0.2, -0.15) is 0 Å². The molecule has 1 aromatic carbocycles. The van der Waals surface area contributed by atoms with Crippen molar-refractivity contribution < 1.29 is 14.0 Å². The van der Waals surface area contributed by atoms with E-state index in [1.807, 2.05) is 12.1 Å². The molecule has 1 aromatic heterocycles. The zero-order valence-corrected chi connectivity index (χ0v) is 14.5. The van der Waals surface area contributed by atoms with Crippen molar-refractivity contribution in [1.82, 2.24) is 20.5 Å². The first-order valence-corrected chi connectivity index (χ1v) is 8.46. The fourth-order valence-corrected chi connectivity index (χ4v) is 3.24. The van der Waals surface area contributed by atoms with Gasteiger partial charge in [-0.1, -0.05) is 12.1 Å². The summed E-state index contributed by atoms with van der Waals surface area (Å²) in [5.41, 5.74) is 1.28. The summed E-state index contributed by atoms with van der Waals surface area (Å²) in [5.74, 6) is -1.34. The Morgan fingerprint density at radius 1 is 1.27 bits per heavy atom. The van der Waals surface area contributed by atoms with E-state index in [0.717, 1.165) is 5.56 Å². The summed E-state index contributed by atoms with van der Waals surface area (Å²) in [6, 6.07) is 9.01. The minimum absolute atomic E-state index is 0.122. The number of nitrogens with zero attached hydrogens (tertiary/aromatic N) is 2. The molecule has 2 N–H and O–H groups in total. The molecule has 1 aliphatic rings. The predicted octanol–water partition coefficient (Wildman–Crippen LogP) is 1.20. The average Bonchev–Trinajstić information content (AvgIpc) is 3.04. The lowest BCUT2D eigenvalue weighted by molar-refractivity contribution is -0.124. The highest BCUT2D eigenvalue weighted by atomic mass is 19.1. The number of likely N-dealkylation sites (tertiary alicyclic amines) is 1. The van der Waals surface area contributed by atoms with Crippen LogP contribution in [-0.2, 0) is 11.3 Å². The smallest absolute Gasteiger partial charge is 0.251 e. The van der Waals surface area contributed by atoms with Crippen molar-refractivity contribution >= 4 is 11.8 Å². The van der Waals surface area contributed by atoms with Crippen LogP contribution in [0.4, 0.5) is 4.39 Å². The van der Waals surface area contributed by atoms with Crippen LogP contribution in [0.2, 0.25) is 0 Å². The third-order valence-corrected chi connectivity index (χ3v) is 4.51. The molecule has 2 aromatic rings. The van der Waals surface area contributed by atoms with Gasteiger partial charge in [-0.15, -0.1) is 0 Å². The van der Waals surface area contributed by atoms with Crippen LogP contribution in [0.15, 0.2) is 48.8 Å². The lowest BCUT2D eigenvalue weighted by Crippen LogP contribution is -2.45. The van der Waals surface area contributed by atoms with Crippen LogP contribution in [-0.4, -0.2) is 47.9 Å². The number of aromatic nitrogens is 1. The molecule has 2 amide bonds. The highest BCUT2D eigenvalue weighted by molar-refractivity contribution is 5.95. The molecule has 0 unspecified atom stereocenters. The SMILES string of the molecule is CNC(=O)[C@H]1CN(Cc2cccnc2)C[C@@H]1NC(=O)c1cccc(F)c1. The monoisotopic (exact) mass is 356 g/mol. The highest BCUT2D eigenvalue weighted by Gasteiger charge is 2.38. The van der Waals surface area contributed by atoms with Gasteiger partial charge in [0.05, 0.1) is 12.0 Å². The normalized spacial score (nSPS) is 19.9. The molecule has 2 atom stereocenters. The average molecular weight is 356 g/mol. The zero-order chi connectivity index (χ0) is 18.5. The number of amides is 2. The molecule has 6 nitrogen and oxygen atoms in total. The van der Waals surface area contributed by atoms with Crippen LogP contribution in [0.5, 0.6) is 0 Å². The number of pyridine rings is 1. The molecule has 0 spiro atoms. The van der Waals surface area contributed by atoms with Crippen molar-refractivity contribution in [3.8, 4) is 0 Å². The van der Waals surface area contributed by atoms with Crippen molar-refractivity contribution in [2.45, 2.75) is 12.6 Å². The third-order valence-electron chi connectivity index (χ3n) is 4.51. The molecule has 0 bridgehead atoms. The topological polar surface area (TPSA) is 74.3 Å². The summed E-state index contributed by atoms with van der Waals surface area (Å²) in [4.78, 5) is 30.9. The summed E-state index contributed by atoms with van der Waals surface area (Å²) in [6.07, 6.45) is 3.50. The lowest BCUT2D eigenvalue weighted by atomic mass is 10.0. The van der Waals surface area contributed by atoms with Gasteiger partial charge >= 0.3 is 0 Å². The molecule has 3 rings (SSSR count). The second kappa shape index (κ2) is 8.05. The Balaban J connectivity index is 1.71. The van der Waals surface area contributed by atoms with E-state index >= 15 is 0 Å². The number of halogens is 1. The maximum Gasteiger partial charge on any atom is 0.251 e. The largest absolute Gasteiger partial charge is 0.359 e. The Kier molecular flexibility index (Phi) is 5.58. The van der Waals surface area contributed by atoms with Gasteiger partial charge in [-0.3, -0.25) is 19.5 Å². The van der Waals surface area contributed by atoms with E-state index in [1.54, 1.807) is 25.5 Å². The maximum absolute atomic E-state index is 13.3. The number of carbonyl (C=O) groups excluding carboxylic acids is 2. The molecule has 136 valence electrons. The van der Waals surface area contributed by atoms with E-state index in [-0.39, 0.29) is 29.3 Å². The summed E-state index contributed by atoms with van der Waals surface area (Å²) in [6.45, 7) is 1.71. The van der Waals surface area contributed by atoms with Crippen LogP contribution in [0.1, 0.15) is 15.9 Å². The fraction of sp³-hybridized carbons (Fsp3) is 0.316. The molecule has 7 heteroatoms. The Bertz CT molecular complexity index is 784. The van der Waals surface area contributed by atoms with Crippen molar-refractivity contribution in [2.24, 2.45) is 5.92 Å². The predicted molar refractivity (Wildman–Crippen MR) is 94.7 cm³/mol. The fourth-order valence-electron chi connectivity index (χ4n) is 3.24. The zero-order valence-electron chi connectivity index (χ0n) is 14.5. The second-order valence-electron chi connectivity index (χ2n) is 6.37. The third kappa shape index (κ3) is 4.23. The molecule has 26 heavy (non-hydrogen) atoms. The van der Waals surface area contributed by atoms with Gasteiger partial charge in [0.1, 0.15) is 5.82 Å². The Labute approximate surface area is 151 Å². The van der Waals surface area contributed by atoms with E-state index in [4.69, 9.17) is 0 Å². The van der Waals surface area contributed by atoms with Crippen LogP contribution in [0.25, 0.3) is 0 Å². The number of carbonyl (C=O) groups is 2. The Morgan fingerprint density at radius 3 is 2.81 bits per heavy atom. The van der Waals surface area contributed by atoms with Crippen LogP contribution < -0.4 is 10.6 Å². The Hall–Kier alpha value is -2.80. The summed E-state index contributed by atoms with van der Waals surface area (Å²) < 4.78 is 13.3. The standard InChI is InChI=1S/C19H21FN4O2/c1-21-19(26)16-11-24(10-13-4-3-7-22-9-13)12-17(16)23-18(25)14-5-2-6-15(20)8-14/h2-9,16-17H,10-12H2,1H3,(H,21,26)(H,23,25)/t16-,17-/m0/s1. The van der Waals surface area contributed by atoms with E-state index in [1.165, 1.54) is 18.2 Å². The van der Waals surface area contributed by atoms with Gasteiger partial charge in [-0.05, 0) is 29.8 Å². The van der Waals surface area contributed by atoms with E-state index in [2.05, 4.69) is 20.5 Å². The maximum atomic E-state index is 13.3. The summed E-state index contributed by atoms with van der Waals surface area (Å²) in [5, 5.41) is 5.53. The van der Waals surface area contributed by atoms with Gasteiger partial charge in [0, 0.05) is 44.6 Å². The van der Waals surface area contributed by atoms with Crippen molar-refractivity contribution in [1.29, 1.82) is 0 Å². The van der Waals surface area contributed by atoms with Crippen LogP contribution in [0.3, 0.4) is 0 Å². The molecule has 2 heterocycles. The molecular weight excluding hydrogens is 335 g/mol. The van der Waals surface area contributed by atoms with Crippen molar-refractivity contribution in [3.05, 3.63) is 65.7 Å². The number of rotatable bonds is 5. The molecule has 1 fully saturated rings. The van der Waals surface area contributed by atoms with E-state index in [0.29, 0.717) is 19.6 Å². The molecule has 0 saturated carbocycles. The number of nitrogens with one attached hydrogen (secondary N) is 2. The first-order valence-electron chi connectivity index (χ1n) is 8.46. The number of hydrogen-bond donors (Lipinski definition) is 2. The highest BCUT2D eigenvalue weighted by Crippen LogP contribution is 2.20. The van der Waals surface area contributed by atoms with Gasteiger partial charge in [0.2, 0.25) is 5.91 Å². The Morgan fingerprint density at radius 2 is 2.12 bits per heavy atom. The molecule has 0 aliphatic carbocycles. The first kappa shape index (κ1) is 18.0. The first-order chi connectivity index (χ1) is 12.6. The van der Waals surface area contributed by atoms with Gasteiger partial charge < -0.3 is 10.6 Å². The quantitative estimate of drug-likeness (QED) is 0.844.